The highest BCUT2D eigenvalue weighted by Gasteiger charge is 2.36. The third-order valence-corrected chi connectivity index (χ3v) is 3.58. The Morgan fingerprint density at radius 2 is 2.05 bits per heavy atom. The van der Waals surface area contributed by atoms with E-state index in [0.717, 1.165) is 6.07 Å². The van der Waals surface area contributed by atoms with Crippen LogP contribution in [0.4, 0.5) is 13.2 Å². The lowest BCUT2D eigenvalue weighted by molar-refractivity contribution is -0.141. The van der Waals surface area contributed by atoms with Crippen molar-refractivity contribution >= 4 is 17.6 Å². The largest absolute Gasteiger partial charge is 0.508 e. The number of carboxylic acid groups (broad SMARTS) is 1. The average Bonchev–Trinajstić information content (AvgIpc) is 2.76. The van der Waals surface area contributed by atoms with Gasteiger partial charge in [0.1, 0.15) is 5.75 Å². The van der Waals surface area contributed by atoms with Gasteiger partial charge in [0, 0.05) is 23.2 Å². The molecule has 2 unspecified atom stereocenters. The van der Waals surface area contributed by atoms with Crippen molar-refractivity contribution in [2.45, 2.75) is 18.6 Å². The van der Waals surface area contributed by atoms with Crippen molar-refractivity contribution in [1.82, 2.24) is 5.32 Å². The van der Waals surface area contributed by atoms with Crippen molar-refractivity contribution in [2.75, 3.05) is 6.54 Å². The number of aliphatic carboxylic acids is 1. The number of carboxylic acids is 1. The van der Waals surface area contributed by atoms with Crippen LogP contribution >= 0.6 is 11.6 Å². The fourth-order valence-electron chi connectivity index (χ4n) is 2.26. The quantitative estimate of drug-likeness (QED) is 0.786. The number of hydrogen-bond donors (Lipinski definition) is 3. The van der Waals surface area contributed by atoms with Gasteiger partial charge >= 0.3 is 12.1 Å². The molecule has 1 aromatic rings. The summed E-state index contributed by atoms with van der Waals surface area (Å²) in [5, 5.41) is 21.2. The molecule has 0 spiro atoms. The second kappa shape index (κ2) is 5.14. The van der Waals surface area contributed by atoms with E-state index < -0.39 is 35.4 Å². The third kappa shape index (κ3) is 2.83. The first-order chi connectivity index (χ1) is 9.20. The number of phenolic OH excluding ortho intramolecular Hbond substituents is 1. The van der Waals surface area contributed by atoms with Gasteiger partial charge in [-0.15, -0.1) is 0 Å². The Labute approximate surface area is 117 Å². The summed E-state index contributed by atoms with van der Waals surface area (Å²) < 4.78 is 37.7. The molecule has 20 heavy (non-hydrogen) atoms. The van der Waals surface area contributed by atoms with E-state index in [1.165, 1.54) is 0 Å². The van der Waals surface area contributed by atoms with Crippen LogP contribution in [0.5, 0.6) is 5.75 Å². The molecule has 1 fully saturated rings. The molecule has 0 bridgehead atoms. The van der Waals surface area contributed by atoms with Gasteiger partial charge in [0.2, 0.25) is 0 Å². The minimum atomic E-state index is -4.60. The summed E-state index contributed by atoms with van der Waals surface area (Å²) in [4.78, 5) is 10.8. The van der Waals surface area contributed by atoms with E-state index in [-0.39, 0.29) is 23.6 Å². The summed E-state index contributed by atoms with van der Waals surface area (Å²) in [6.07, 6.45) is -4.44. The molecule has 1 aliphatic rings. The lowest BCUT2D eigenvalue weighted by Crippen LogP contribution is -2.17. The van der Waals surface area contributed by atoms with Gasteiger partial charge in [-0.2, -0.15) is 13.2 Å². The molecule has 3 N–H and O–H groups in total. The lowest BCUT2D eigenvalue weighted by atomic mass is 9.98. The maximum absolute atomic E-state index is 12.6. The standard InChI is InChI=1S/C12H11ClF3NO3/c13-7-2-6(12(14,15)16)3-9(18)10(7)8-1-5(4-17-8)11(19)20/h2-3,5,8,17-18H,1,4H2,(H,19,20). The zero-order chi connectivity index (χ0) is 15.1. The summed E-state index contributed by atoms with van der Waals surface area (Å²) in [5.74, 6) is -2.24. The van der Waals surface area contributed by atoms with Gasteiger partial charge < -0.3 is 15.5 Å². The molecule has 0 saturated carbocycles. The highest BCUT2D eigenvalue weighted by atomic mass is 35.5. The van der Waals surface area contributed by atoms with Crippen LogP contribution in [0, 0.1) is 5.92 Å². The van der Waals surface area contributed by atoms with Crippen molar-refractivity contribution in [1.29, 1.82) is 0 Å². The molecule has 2 rings (SSSR count). The smallest absolute Gasteiger partial charge is 0.416 e. The van der Waals surface area contributed by atoms with Crippen LogP contribution in [0.3, 0.4) is 0 Å². The Balaban J connectivity index is 2.33. The van der Waals surface area contributed by atoms with Gasteiger partial charge in [0.15, 0.2) is 0 Å². The van der Waals surface area contributed by atoms with Crippen LogP contribution in [-0.4, -0.2) is 22.7 Å². The molecule has 1 saturated heterocycles. The molecule has 0 amide bonds. The maximum Gasteiger partial charge on any atom is 0.416 e. The second-order valence-electron chi connectivity index (χ2n) is 4.62. The summed E-state index contributed by atoms with van der Waals surface area (Å²) in [7, 11) is 0. The summed E-state index contributed by atoms with van der Waals surface area (Å²) in [6, 6.07) is 0.745. The number of benzene rings is 1. The van der Waals surface area contributed by atoms with E-state index in [9.17, 15) is 23.1 Å². The van der Waals surface area contributed by atoms with Gasteiger partial charge in [-0.25, -0.2) is 0 Å². The molecule has 0 aromatic heterocycles. The number of nitrogens with one attached hydrogen (secondary N) is 1. The van der Waals surface area contributed by atoms with Crippen LogP contribution < -0.4 is 5.32 Å². The first-order valence-corrected chi connectivity index (χ1v) is 6.13. The first-order valence-electron chi connectivity index (χ1n) is 5.76. The molecule has 1 aliphatic heterocycles. The molecule has 0 aliphatic carbocycles. The second-order valence-corrected chi connectivity index (χ2v) is 5.03. The number of aromatic hydroxyl groups is 1. The van der Waals surface area contributed by atoms with E-state index in [4.69, 9.17) is 16.7 Å². The number of alkyl halides is 3. The number of carbonyl (C=O) groups is 1. The van der Waals surface area contributed by atoms with E-state index >= 15 is 0 Å². The molecule has 110 valence electrons. The predicted octanol–water partition coefficient (Wildman–Crippen LogP) is 2.80. The van der Waals surface area contributed by atoms with Crippen LogP contribution in [0.25, 0.3) is 0 Å². The van der Waals surface area contributed by atoms with Gasteiger partial charge in [0.05, 0.1) is 11.5 Å². The van der Waals surface area contributed by atoms with E-state index in [1.807, 2.05) is 0 Å². The van der Waals surface area contributed by atoms with Crippen molar-refractivity contribution < 1.29 is 28.2 Å². The SMILES string of the molecule is O=C(O)C1CNC(c2c(O)cc(C(F)(F)F)cc2Cl)C1. The van der Waals surface area contributed by atoms with Crippen molar-refractivity contribution in [3.8, 4) is 5.75 Å². The lowest BCUT2D eigenvalue weighted by Gasteiger charge is -2.17. The summed E-state index contributed by atoms with van der Waals surface area (Å²) in [5.41, 5.74) is -0.944. The fraction of sp³-hybridized carbons (Fsp3) is 0.417. The number of halogens is 4. The summed E-state index contributed by atoms with van der Waals surface area (Å²) >= 11 is 5.80. The first kappa shape index (κ1) is 14.9. The van der Waals surface area contributed by atoms with E-state index in [2.05, 4.69) is 5.32 Å². The molecule has 1 aromatic carbocycles. The molecule has 0 radical (unpaired) electrons. The van der Waals surface area contributed by atoms with Gasteiger partial charge in [-0.05, 0) is 18.6 Å². The van der Waals surface area contributed by atoms with E-state index in [0.29, 0.717) is 6.07 Å². The number of phenols is 1. The Morgan fingerprint density at radius 1 is 1.40 bits per heavy atom. The Hall–Kier alpha value is -1.47. The van der Waals surface area contributed by atoms with Gasteiger partial charge in [-0.3, -0.25) is 4.79 Å². The Morgan fingerprint density at radius 3 is 2.50 bits per heavy atom. The van der Waals surface area contributed by atoms with Crippen LogP contribution in [0.1, 0.15) is 23.6 Å². The van der Waals surface area contributed by atoms with Gasteiger partial charge in [0.25, 0.3) is 0 Å². The Kier molecular flexibility index (Phi) is 3.84. The van der Waals surface area contributed by atoms with Crippen molar-refractivity contribution in [3.63, 3.8) is 0 Å². The number of rotatable bonds is 2. The maximum atomic E-state index is 12.6. The Bertz CT molecular complexity index is 524. The number of hydrogen-bond acceptors (Lipinski definition) is 3. The normalized spacial score (nSPS) is 23.0. The van der Waals surface area contributed by atoms with Crippen LogP contribution in [0.15, 0.2) is 12.1 Å². The van der Waals surface area contributed by atoms with Gasteiger partial charge in [-0.1, -0.05) is 11.6 Å². The average molecular weight is 310 g/mol. The monoisotopic (exact) mass is 309 g/mol. The van der Waals surface area contributed by atoms with Crippen LogP contribution in [0.2, 0.25) is 5.02 Å². The molecule has 2 atom stereocenters. The third-order valence-electron chi connectivity index (χ3n) is 3.26. The summed E-state index contributed by atoms with van der Waals surface area (Å²) in [6.45, 7) is 0.177. The minimum absolute atomic E-state index is 0.100. The topological polar surface area (TPSA) is 69.6 Å². The molecular formula is C12H11ClF3NO3. The van der Waals surface area contributed by atoms with Crippen LogP contribution in [-0.2, 0) is 11.0 Å². The fourth-order valence-corrected chi connectivity index (χ4v) is 2.60. The zero-order valence-electron chi connectivity index (χ0n) is 10.0. The van der Waals surface area contributed by atoms with Crippen molar-refractivity contribution in [3.05, 3.63) is 28.3 Å². The highest BCUT2D eigenvalue weighted by Crippen LogP contribution is 2.41. The van der Waals surface area contributed by atoms with Crippen molar-refractivity contribution in [2.24, 2.45) is 5.92 Å². The molecular weight excluding hydrogens is 299 g/mol. The molecule has 8 heteroatoms. The van der Waals surface area contributed by atoms with E-state index in [1.54, 1.807) is 0 Å². The highest BCUT2D eigenvalue weighted by molar-refractivity contribution is 6.31. The minimum Gasteiger partial charge on any atom is -0.508 e. The predicted molar refractivity (Wildman–Crippen MR) is 64.6 cm³/mol. The molecule has 1 heterocycles. The zero-order valence-corrected chi connectivity index (χ0v) is 10.8. The molecule has 4 nitrogen and oxygen atoms in total.